The summed E-state index contributed by atoms with van der Waals surface area (Å²) >= 11 is 0. The summed E-state index contributed by atoms with van der Waals surface area (Å²) in [6.07, 6.45) is 4.34. The highest BCUT2D eigenvalue weighted by Crippen LogP contribution is 2.39. The number of ether oxygens (including phenoxy) is 1. The smallest absolute Gasteiger partial charge is 0.409 e. The third-order valence-electron chi connectivity index (χ3n) is 4.00. The fourth-order valence-corrected chi connectivity index (χ4v) is 2.96. The van der Waals surface area contributed by atoms with Crippen LogP contribution in [0, 0.1) is 5.92 Å². The van der Waals surface area contributed by atoms with Crippen LogP contribution in [0.4, 0.5) is 4.79 Å². The second-order valence-electron chi connectivity index (χ2n) is 5.08. The maximum atomic E-state index is 11.6. The van der Waals surface area contributed by atoms with E-state index in [1.807, 2.05) is 0 Å². The Bertz CT molecular complexity index is 284. The Morgan fingerprint density at radius 2 is 2.24 bits per heavy atom. The van der Waals surface area contributed by atoms with Gasteiger partial charge in [0.25, 0.3) is 0 Å². The molecule has 5 nitrogen and oxygen atoms in total. The first-order chi connectivity index (χ1) is 8.15. The van der Waals surface area contributed by atoms with Gasteiger partial charge in [0.1, 0.15) is 6.61 Å². The number of aliphatic hydroxyl groups excluding tert-OH is 1. The Morgan fingerprint density at radius 3 is 3.00 bits per heavy atom. The minimum absolute atomic E-state index is 0.0459. The summed E-state index contributed by atoms with van der Waals surface area (Å²) in [4.78, 5) is 13.3. The Labute approximate surface area is 101 Å². The highest BCUT2D eigenvalue weighted by atomic mass is 16.6. The van der Waals surface area contributed by atoms with Gasteiger partial charge in [0, 0.05) is 19.0 Å². The van der Waals surface area contributed by atoms with E-state index >= 15 is 0 Å². The number of amides is 1. The number of carbonyl (C=O) groups is 1. The van der Waals surface area contributed by atoms with Crippen molar-refractivity contribution < 1.29 is 19.7 Å². The van der Waals surface area contributed by atoms with Crippen molar-refractivity contribution in [3.8, 4) is 0 Å². The molecule has 17 heavy (non-hydrogen) atoms. The Hall–Kier alpha value is -0.810. The molecule has 2 aliphatic rings. The van der Waals surface area contributed by atoms with Gasteiger partial charge in [-0.15, -0.1) is 0 Å². The standard InChI is InChI=1S/C12H21NO4/c14-7-8-17-11(15)13-6-5-12(16)4-2-1-3-10(12)9-13/h10,14,16H,1-9H2. The molecule has 2 atom stereocenters. The molecule has 5 heteroatoms. The molecule has 98 valence electrons. The van der Waals surface area contributed by atoms with E-state index in [1.54, 1.807) is 4.90 Å². The van der Waals surface area contributed by atoms with Gasteiger partial charge in [0.05, 0.1) is 12.2 Å². The molecule has 1 heterocycles. The number of nitrogens with zero attached hydrogens (tertiary/aromatic N) is 1. The number of hydrogen-bond donors (Lipinski definition) is 2. The van der Waals surface area contributed by atoms with Crippen molar-refractivity contribution >= 4 is 6.09 Å². The molecule has 0 aromatic carbocycles. The molecule has 1 saturated carbocycles. The lowest BCUT2D eigenvalue weighted by atomic mass is 9.71. The second kappa shape index (κ2) is 5.23. The first-order valence-corrected chi connectivity index (χ1v) is 6.41. The zero-order valence-electron chi connectivity index (χ0n) is 10.1. The van der Waals surface area contributed by atoms with Crippen LogP contribution in [0.25, 0.3) is 0 Å². The monoisotopic (exact) mass is 243 g/mol. The fourth-order valence-electron chi connectivity index (χ4n) is 2.96. The second-order valence-corrected chi connectivity index (χ2v) is 5.08. The van der Waals surface area contributed by atoms with Crippen molar-refractivity contribution in [2.75, 3.05) is 26.3 Å². The first kappa shape index (κ1) is 12.6. The number of likely N-dealkylation sites (tertiary alicyclic amines) is 1. The Kier molecular flexibility index (Phi) is 3.89. The average Bonchev–Trinajstić information content (AvgIpc) is 2.34. The molecule has 0 radical (unpaired) electrons. The maximum absolute atomic E-state index is 11.6. The van der Waals surface area contributed by atoms with Crippen LogP contribution in [0.1, 0.15) is 32.1 Å². The van der Waals surface area contributed by atoms with Crippen molar-refractivity contribution in [1.82, 2.24) is 4.90 Å². The number of hydrogen-bond acceptors (Lipinski definition) is 4. The van der Waals surface area contributed by atoms with E-state index in [0.717, 1.165) is 25.7 Å². The molecule has 0 bridgehead atoms. The molecule has 0 aromatic rings. The molecule has 1 saturated heterocycles. The van der Waals surface area contributed by atoms with Crippen LogP contribution in [0.2, 0.25) is 0 Å². The minimum Gasteiger partial charge on any atom is -0.447 e. The van der Waals surface area contributed by atoms with Crippen molar-refractivity contribution in [3.63, 3.8) is 0 Å². The molecular formula is C12H21NO4. The van der Waals surface area contributed by atoms with E-state index < -0.39 is 5.60 Å². The van der Waals surface area contributed by atoms with Gasteiger partial charge in [-0.25, -0.2) is 4.79 Å². The summed E-state index contributed by atoms with van der Waals surface area (Å²) in [5.41, 5.74) is -0.563. The lowest BCUT2D eigenvalue weighted by Crippen LogP contribution is -2.54. The number of fused-ring (bicyclic) bond motifs is 1. The van der Waals surface area contributed by atoms with Crippen LogP contribution in [-0.4, -0.2) is 53.1 Å². The Morgan fingerprint density at radius 1 is 1.41 bits per heavy atom. The highest BCUT2D eigenvalue weighted by Gasteiger charge is 2.43. The SMILES string of the molecule is O=C(OCCO)N1CCC2(O)CCCCC2C1. The van der Waals surface area contributed by atoms with Crippen molar-refractivity contribution in [2.24, 2.45) is 5.92 Å². The maximum Gasteiger partial charge on any atom is 0.409 e. The lowest BCUT2D eigenvalue weighted by molar-refractivity contribution is -0.0918. The van der Waals surface area contributed by atoms with E-state index in [9.17, 15) is 9.90 Å². The van der Waals surface area contributed by atoms with Crippen LogP contribution in [-0.2, 0) is 4.74 Å². The number of carbonyl (C=O) groups excluding carboxylic acids is 1. The van der Waals surface area contributed by atoms with E-state index in [0.29, 0.717) is 19.5 Å². The zero-order valence-corrected chi connectivity index (χ0v) is 10.1. The van der Waals surface area contributed by atoms with E-state index in [1.165, 1.54) is 0 Å². The predicted molar refractivity (Wildman–Crippen MR) is 61.5 cm³/mol. The van der Waals surface area contributed by atoms with Crippen LogP contribution in [0.3, 0.4) is 0 Å². The van der Waals surface area contributed by atoms with E-state index in [2.05, 4.69) is 0 Å². The normalized spacial score (nSPS) is 33.1. The molecular weight excluding hydrogens is 222 g/mol. The van der Waals surface area contributed by atoms with Gasteiger partial charge in [-0.3, -0.25) is 0 Å². The van der Waals surface area contributed by atoms with Crippen molar-refractivity contribution in [3.05, 3.63) is 0 Å². The van der Waals surface area contributed by atoms with Gasteiger partial charge in [0.2, 0.25) is 0 Å². The fraction of sp³-hybridized carbons (Fsp3) is 0.917. The van der Waals surface area contributed by atoms with Crippen molar-refractivity contribution in [1.29, 1.82) is 0 Å². The third kappa shape index (κ3) is 2.72. The molecule has 1 aliphatic carbocycles. The molecule has 1 amide bonds. The van der Waals surface area contributed by atoms with E-state index in [4.69, 9.17) is 9.84 Å². The summed E-state index contributed by atoms with van der Waals surface area (Å²) in [5, 5.41) is 19.1. The molecule has 2 rings (SSSR count). The van der Waals surface area contributed by atoms with Gasteiger partial charge in [0.15, 0.2) is 0 Å². The van der Waals surface area contributed by atoms with Crippen LogP contribution in [0.15, 0.2) is 0 Å². The summed E-state index contributed by atoms with van der Waals surface area (Å²) in [5.74, 6) is 0.187. The van der Waals surface area contributed by atoms with Gasteiger partial charge >= 0.3 is 6.09 Å². The average molecular weight is 243 g/mol. The molecule has 2 fully saturated rings. The summed E-state index contributed by atoms with van der Waals surface area (Å²) in [7, 11) is 0. The minimum atomic E-state index is -0.563. The third-order valence-corrected chi connectivity index (χ3v) is 4.00. The summed E-state index contributed by atoms with van der Waals surface area (Å²) < 4.78 is 4.90. The van der Waals surface area contributed by atoms with Gasteiger partial charge < -0.3 is 19.8 Å². The highest BCUT2D eigenvalue weighted by molar-refractivity contribution is 5.67. The number of aliphatic hydroxyl groups is 2. The van der Waals surface area contributed by atoms with Crippen LogP contribution < -0.4 is 0 Å². The van der Waals surface area contributed by atoms with Gasteiger partial charge in [-0.2, -0.15) is 0 Å². The van der Waals surface area contributed by atoms with Gasteiger partial charge in [-0.05, 0) is 19.3 Å². The first-order valence-electron chi connectivity index (χ1n) is 6.41. The molecule has 2 N–H and O–H groups in total. The molecule has 1 aliphatic heterocycles. The zero-order chi connectivity index (χ0) is 12.3. The Balaban J connectivity index is 1.90. The van der Waals surface area contributed by atoms with E-state index in [-0.39, 0.29) is 25.2 Å². The quantitative estimate of drug-likeness (QED) is 0.750. The number of rotatable bonds is 2. The predicted octanol–water partition coefficient (Wildman–Crippen LogP) is 0.742. The van der Waals surface area contributed by atoms with Crippen LogP contribution in [0.5, 0.6) is 0 Å². The molecule has 0 spiro atoms. The largest absolute Gasteiger partial charge is 0.447 e. The van der Waals surface area contributed by atoms with Crippen LogP contribution >= 0.6 is 0 Å². The number of piperidine rings is 1. The van der Waals surface area contributed by atoms with Crippen molar-refractivity contribution in [2.45, 2.75) is 37.7 Å². The molecule has 0 aromatic heterocycles. The van der Waals surface area contributed by atoms with Gasteiger partial charge in [-0.1, -0.05) is 12.8 Å². The summed E-state index contributed by atoms with van der Waals surface area (Å²) in [6, 6.07) is 0. The lowest BCUT2D eigenvalue weighted by Gasteiger charge is -2.46. The molecule has 2 unspecified atom stereocenters. The topological polar surface area (TPSA) is 70.0 Å². The summed E-state index contributed by atoms with van der Waals surface area (Å²) in [6.45, 7) is 1.04.